The highest BCUT2D eigenvalue weighted by Crippen LogP contribution is 2.22. The number of halogens is 1. The monoisotopic (exact) mass is 362 g/mol. The van der Waals surface area contributed by atoms with Gasteiger partial charge in [-0.2, -0.15) is 10.2 Å². The molecular formula is C20H19FN6. The van der Waals surface area contributed by atoms with E-state index < -0.39 is 0 Å². The second-order valence-corrected chi connectivity index (χ2v) is 6.31. The summed E-state index contributed by atoms with van der Waals surface area (Å²) in [6, 6.07) is 14.7. The van der Waals surface area contributed by atoms with Gasteiger partial charge in [0.05, 0.1) is 17.6 Å². The smallest absolute Gasteiger partial charge is 0.138 e. The summed E-state index contributed by atoms with van der Waals surface area (Å²) < 4.78 is 14.9. The van der Waals surface area contributed by atoms with Crippen LogP contribution in [0.2, 0.25) is 0 Å². The first-order valence-electron chi connectivity index (χ1n) is 8.67. The molecule has 1 unspecified atom stereocenters. The van der Waals surface area contributed by atoms with Crippen LogP contribution >= 0.6 is 0 Å². The van der Waals surface area contributed by atoms with Crippen LogP contribution in [-0.2, 0) is 6.54 Å². The van der Waals surface area contributed by atoms with Gasteiger partial charge in [-0.3, -0.25) is 5.10 Å². The number of H-pyrrole nitrogens is 1. The lowest BCUT2D eigenvalue weighted by Gasteiger charge is -2.15. The average Bonchev–Trinajstić information content (AvgIpc) is 3.39. The molecule has 0 aliphatic heterocycles. The van der Waals surface area contributed by atoms with Gasteiger partial charge < -0.3 is 5.32 Å². The molecule has 0 spiro atoms. The molecule has 2 aromatic heterocycles. The van der Waals surface area contributed by atoms with Crippen molar-refractivity contribution in [3.05, 3.63) is 84.3 Å². The molecule has 4 aromatic rings. The highest BCUT2D eigenvalue weighted by molar-refractivity contribution is 5.62. The molecule has 4 rings (SSSR count). The van der Waals surface area contributed by atoms with Crippen LogP contribution in [0.25, 0.3) is 16.9 Å². The Morgan fingerprint density at radius 1 is 1.11 bits per heavy atom. The zero-order chi connectivity index (χ0) is 18.6. The molecule has 1 atom stereocenters. The Balaban J connectivity index is 1.43. The van der Waals surface area contributed by atoms with E-state index in [-0.39, 0.29) is 11.9 Å². The molecule has 2 heterocycles. The first-order valence-corrected chi connectivity index (χ1v) is 8.67. The molecule has 6 nitrogen and oxygen atoms in total. The summed E-state index contributed by atoms with van der Waals surface area (Å²) in [6.07, 6.45) is 4.99. The van der Waals surface area contributed by atoms with Gasteiger partial charge >= 0.3 is 0 Å². The molecule has 0 saturated heterocycles. The third-order valence-corrected chi connectivity index (χ3v) is 4.53. The van der Waals surface area contributed by atoms with Crippen molar-refractivity contribution in [1.82, 2.24) is 30.3 Å². The van der Waals surface area contributed by atoms with Crippen molar-refractivity contribution in [1.29, 1.82) is 0 Å². The number of benzene rings is 2. The number of nitrogens with zero attached hydrogens (tertiary/aromatic N) is 4. The predicted molar refractivity (Wildman–Crippen MR) is 101 cm³/mol. The summed E-state index contributed by atoms with van der Waals surface area (Å²) in [5, 5.41) is 14.8. The molecular weight excluding hydrogens is 343 g/mol. The average molecular weight is 362 g/mol. The molecule has 0 aliphatic carbocycles. The Labute approximate surface area is 156 Å². The summed E-state index contributed by atoms with van der Waals surface area (Å²) in [5.41, 5.74) is 4.99. The van der Waals surface area contributed by atoms with E-state index in [9.17, 15) is 4.39 Å². The lowest BCUT2D eigenvalue weighted by molar-refractivity contribution is 0.575. The lowest BCUT2D eigenvalue weighted by atomic mass is 10.1. The van der Waals surface area contributed by atoms with E-state index in [0.717, 1.165) is 22.5 Å². The Morgan fingerprint density at radius 3 is 2.59 bits per heavy atom. The van der Waals surface area contributed by atoms with Crippen LogP contribution < -0.4 is 5.32 Å². The summed E-state index contributed by atoms with van der Waals surface area (Å²) >= 11 is 0. The first-order chi connectivity index (χ1) is 13.2. The molecule has 0 bridgehead atoms. The van der Waals surface area contributed by atoms with E-state index in [4.69, 9.17) is 0 Å². The highest BCUT2D eigenvalue weighted by Gasteiger charge is 2.11. The summed E-state index contributed by atoms with van der Waals surface area (Å²) in [7, 11) is 0. The Bertz CT molecular complexity index is 990. The maximum atomic E-state index is 13.1. The van der Waals surface area contributed by atoms with Gasteiger partial charge in [0, 0.05) is 23.7 Å². The molecule has 0 aliphatic rings. The van der Waals surface area contributed by atoms with E-state index in [1.165, 1.54) is 24.0 Å². The standard InChI is InChI=1S/C20H19FN6/c1-14(15-4-8-19(9-5-15)27-13-22-12-25-27)23-10-17-11-24-26-20(17)16-2-6-18(21)7-3-16/h2-9,11-14,23H,10H2,1H3,(H,24,26). The maximum Gasteiger partial charge on any atom is 0.138 e. The van der Waals surface area contributed by atoms with Crippen molar-refractivity contribution in [2.75, 3.05) is 0 Å². The van der Waals surface area contributed by atoms with Gasteiger partial charge in [-0.15, -0.1) is 0 Å². The van der Waals surface area contributed by atoms with Crippen LogP contribution in [0.5, 0.6) is 0 Å². The van der Waals surface area contributed by atoms with E-state index in [2.05, 4.69) is 44.7 Å². The van der Waals surface area contributed by atoms with Crippen LogP contribution in [0.4, 0.5) is 4.39 Å². The molecule has 0 radical (unpaired) electrons. The van der Waals surface area contributed by atoms with E-state index in [0.29, 0.717) is 6.54 Å². The third-order valence-electron chi connectivity index (χ3n) is 4.53. The number of rotatable bonds is 6. The van der Waals surface area contributed by atoms with Gasteiger partial charge in [0.2, 0.25) is 0 Å². The van der Waals surface area contributed by atoms with Gasteiger partial charge in [0.25, 0.3) is 0 Å². The fourth-order valence-corrected chi connectivity index (χ4v) is 2.95. The van der Waals surface area contributed by atoms with Crippen molar-refractivity contribution in [3.8, 4) is 16.9 Å². The predicted octanol–water partition coefficient (Wildman–Crippen LogP) is 3.65. The molecule has 136 valence electrons. The van der Waals surface area contributed by atoms with Crippen LogP contribution in [0.15, 0.2) is 67.4 Å². The SMILES string of the molecule is CC(NCc1cn[nH]c1-c1ccc(F)cc1)c1ccc(-n2cncn2)cc1. The summed E-state index contributed by atoms with van der Waals surface area (Å²) in [4.78, 5) is 3.96. The van der Waals surface area contributed by atoms with Crippen LogP contribution in [0, 0.1) is 5.82 Å². The zero-order valence-electron chi connectivity index (χ0n) is 14.8. The van der Waals surface area contributed by atoms with E-state index in [1.807, 2.05) is 12.1 Å². The normalized spacial score (nSPS) is 12.2. The Hall–Kier alpha value is -3.32. The summed E-state index contributed by atoms with van der Waals surface area (Å²) in [6.45, 7) is 2.76. The molecule has 0 fully saturated rings. The van der Waals surface area contributed by atoms with Gasteiger partial charge in [-0.05, 0) is 48.9 Å². The van der Waals surface area contributed by atoms with Crippen molar-refractivity contribution in [2.45, 2.75) is 19.5 Å². The van der Waals surface area contributed by atoms with Crippen molar-refractivity contribution in [3.63, 3.8) is 0 Å². The van der Waals surface area contributed by atoms with Crippen LogP contribution in [0.1, 0.15) is 24.1 Å². The number of hydrogen-bond acceptors (Lipinski definition) is 4. The molecule has 0 saturated carbocycles. The Kier molecular flexibility index (Phi) is 4.76. The Morgan fingerprint density at radius 2 is 1.89 bits per heavy atom. The highest BCUT2D eigenvalue weighted by atomic mass is 19.1. The topological polar surface area (TPSA) is 71.4 Å². The quantitative estimate of drug-likeness (QED) is 0.549. The fraction of sp³-hybridized carbons (Fsp3) is 0.150. The van der Waals surface area contributed by atoms with Gasteiger partial charge in [-0.1, -0.05) is 12.1 Å². The molecule has 0 amide bonds. The van der Waals surface area contributed by atoms with Gasteiger partial charge in [0.1, 0.15) is 18.5 Å². The van der Waals surface area contributed by atoms with Crippen molar-refractivity contribution < 1.29 is 4.39 Å². The second kappa shape index (κ2) is 7.51. The number of aromatic amines is 1. The van der Waals surface area contributed by atoms with Gasteiger partial charge in [-0.25, -0.2) is 14.1 Å². The minimum atomic E-state index is -0.249. The number of nitrogens with one attached hydrogen (secondary N) is 2. The maximum absolute atomic E-state index is 13.1. The fourth-order valence-electron chi connectivity index (χ4n) is 2.95. The van der Waals surface area contributed by atoms with Crippen LogP contribution in [-0.4, -0.2) is 25.0 Å². The second-order valence-electron chi connectivity index (χ2n) is 6.31. The molecule has 27 heavy (non-hydrogen) atoms. The lowest BCUT2D eigenvalue weighted by Crippen LogP contribution is -2.18. The third kappa shape index (κ3) is 3.78. The van der Waals surface area contributed by atoms with Crippen LogP contribution in [0.3, 0.4) is 0 Å². The largest absolute Gasteiger partial charge is 0.306 e. The minimum absolute atomic E-state index is 0.158. The van der Waals surface area contributed by atoms with E-state index >= 15 is 0 Å². The first kappa shape index (κ1) is 17.1. The number of aromatic nitrogens is 5. The molecule has 2 aromatic carbocycles. The van der Waals surface area contributed by atoms with Crippen molar-refractivity contribution in [2.24, 2.45) is 0 Å². The molecule has 2 N–H and O–H groups in total. The van der Waals surface area contributed by atoms with Crippen molar-refractivity contribution >= 4 is 0 Å². The number of hydrogen-bond donors (Lipinski definition) is 2. The van der Waals surface area contributed by atoms with Gasteiger partial charge in [0.15, 0.2) is 0 Å². The molecule has 7 heteroatoms. The van der Waals surface area contributed by atoms with E-state index in [1.54, 1.807) is 29.3 Å². The minimum Gasteiger partial charge on any atom is -0.306 e. The summed E-state index contributed by atoms with van der Waals surface area (Å²) in [5.74, 6) is -0.249. The zero-order valence-corrected chi connectivity index (χ0v) is 14.8.